The molecule has 8 heteroatoms. The third kappa shape index (κ3) is 5.66. The summed E-state index contributed by atoms with van der Waals surface area (Å²) in [6, 6.07) is 1.68. The third-order valence-corrected chi connectivity index (χ3v) is 1.97. The van der Waals surface area contributed by atoms with Gasteiger partial charge in [-0.3, -0.25) is 9.59 Å². The molecule has 0 spiro atoms. The molecule has 1 aromatic rings. The van der Waals surface area contributed by atoms with Gasteiger partial charge in [0.2, 0.25) is 17.7 Å². The zero-order chi connectivity index (χ0) is 14.3. The lowest BCUT2D eigenvalue weighted by atomic mass is 10.4. The number of carbonyl (C=O) groups excluding carboxylic acids is 1. The predicted octanol–water partition coefficient (Wildman–Crippen LogP) is -0.204. The molecule has 1 amide bonds. The highest BCUT2D eigenvalue weighted by atomic mass is 16.5. The second kappa shape index (κ2) is 7.14. The number of rotatable bonds is 7. The molecule has 0 unspecified atom stereocenters. The van der Waals surface area contributed by atoms with Crippen molar-refractivity contribution in [2.24, 2.45) is 0 Å². The first-order valence-corrected chi connectivity index (χ1v) is 5.72. The van der Waals surface area contributed by atoms with Crippen LogP contribution in [0.3, 0.4) is 0 Å². The molecule has 3 N–H and O–H groups in total. The van der Waals surface area contributed by atoms with Crippen molar-refractivity contribution >= 4 is 17.8 Å². The number of amides is 1. The Balaban J connectivity index is 2.52. The Morgan fingerprint density at radius 3 is 2.74 bits per heavy atom. The van der Waals surface area contributed by atoms with E-state index < -0.39 is 18.4 Å². The van der Waals surface area contributed by atoms with E-state index in [1.807, 2.05) is 6.92 Å². The maximum atomic E-state index is 11.3. The molecule has 0 saturated heterocycles. The predicted molar refractivity (Wildman–Crippen MR) is 67.1 cm³/mol. The van der Waals surface area contributed by atoms with Crippen molar-refractivity contribution in [2.45, 2.75) is 13.8 Å². The van der Waals surface area contributed by atoms with Crippen molar-refractivity contribution in [1.82, 2.24) is 15.3 Å². The second-order valence-electron chi connectivity index (χ2n) is 3.63. The van der Waals surface area contributed by atoms with Crippen molar-refractivity contribution in [3.63, 3.8) is 0 Å². The van der Waals surface area contributed by atoms with E-state index in [1.54, 1.807) is 13.0 Å². The van der Waals surface area contributed by atoms with Gasteiger partial charge in [0.25, 0.3) is 0 Å². The molecule has 1 heterocycles. The lowest BCUT2D eigenvalue weighted by Gasteiger charge is -2.08. The molecule has 1 rings (SSSR count). The average molecular weight is 268 g/mol. The summed E-state index contributed by atoms with van der Waals surface area (Å²) in [6.07, 6.45) is 0. The molecule has 0 aromatic carbocycles. The van der Waals surface area contributed by atoms with Gasteiger partial charge < -0.3 is 20.5 Å². The first-order chi connectivity index (χ1) is 9.01. The summed E-state index contributed by atoms with van der Waals surface area (Å²) in [5, 5.41) is 13.3. The largest absolute Gasteiger partial charge is 0.480 e. The van der Waals surface area contributed by atoms with Crippen molar-refractivity contribution in [3.8, 4) is 5.88 Å². The highest BCUT2D eigenvalue weighted by molar-refractivity contribution is 5.83. The van der Waals surface area contributed by atoms with Gasteiger partial charge >= 0.3 is 5.97 Å². The Morgan fingerprint density at radius 2 is 2.11 bits per heavy atom. The number of aromatic nitrogens is 2. The number of hydrogen-bond acceptors (Lipinski definition) is 6. The minimum Gasteiger partial charge on any atom is -0.480 e. The number of carboxylic acids is 1. The monoisotopic (exact) mass is 268 g/mol. The van der Waals surface area contributed by atoms with E-state index in [1.165, 1.54) is 0 Å². The molecule has 0 aliphatic heterocycles. The highest BCUT2D eigenvalue weighted by Gasteiger charge is 2.06. The highest BCUT2D eigenvalue weighted by Crippen LogP contribution is 2.11. The summed E-state index contributed by atoms with van der Waals surface area (Å²) in [4.78, 5) is 29.7. The standard InChI is InChI=1S/C11H16N4O4/c1-3-19-9-4-7(2)14-11(15-9)13-5-8(16)12-6-10(17)18/h4H,3,5-6H2,1-2H3,(H,12,16)(H,17,18)(H,13,14,15). The minimum absolute atomic E-state index is 0.109. The summed E-state index contributed by atoms with van der Waals surface area (Å²) in [5.41, 5.74) is 0.701. The van der Waals surface area contributed by atoms with Gasteiger partial charge in [-0.2, -0.15) is 4.98 Å². The zero-order valence-corrected chi connectivity index (χ0v) is 10.8. The number of hydrogen-bond donors (Lipinski definition) is 3. The SMILES string of the molecule is CCOc1cc(C)nc(NCC(=O)NCC(=O)O)n1. The van der Waals surface area contributed by atoms with Gasteiger partial charge in [0.1, 0.15) is 6.54 Å². The van der Waals surface area contributed by atoms with Gasteiger partial charge in [-0.05, 0) is 13.8 Å². The Kier molecular flexibility index (Phi) is 5.52. The average Bonchev–Trinajstić information content (AvgIpc) is 2.33. The van der Waals surface area contributed by atoms with Crippen LogP contribution in [0.1, 0.15) is 12.6 Å². The molecule has 0 bridgehead atoms. The van der Waals surface area contributed by atoms with Gasteiger partial charge in [-0.1, -0.05) is 0 Å². The number of carboxylic acid groups (broad SMARTS) is 1. The van der Waals surface area contributed by atoms with Crippen molar-refractivity contribution < 1.29 is 19.4 Å². The van der Waals surface area contributed by atoms with E-state index in [-0.39, 0.29) is 12.5 Å². The molecule has 0 aliphatic carbocycles. The molecule has 0 atom stereocenters. The Morgan fingerprint density at radius 1 is 1.37 bits per heavy atom. The smallest absolute Gasteiger partial charge is 0.322 e. The van der Waals surface area contributed by atoms with Gasteiger partial charge in [-0.15, -0.1) is 0 Å². The van der Waals surface area contributed by atoms with E-state index in [4.69, 9.17) is 9.84 Å². The van der Waals surface area contributed by atoms with Crippen LogP contribution in [-0.4, -0.2) is 46.6 Å². The normalized spacial score (nSPS) is 9.79. The number of nitrogens with zero attached hydrogens (tertiary/aromatic N) is 2. The Bertz CT molecular complexity index is 464. The van der Waals surface area contributed by atoms with E-state index in [9.17, 15) is 9.59 Å². The van der Waals surface area contributed by atoms with E-state index in [0.717, 1.165) is 0 Å². The number of aliphatic carboxylic acids is 1. The molecular weight excluding hydrogens is 252 g/mol. The molecule has 0 aliphatic rings. The number of aryl methyl sites for hydroxylation is 1. The minimum atomic E-state index is -1.10. The first kappa shape index (κ1) is 14.7. The van der Waals surface area contributed by atoms with Crippen LogP contribution < -0.4 is 15.4 Å². The van der Waals surface area contributed by atoms with Crippen molar-refractivity contribution in [1.29, 1.82) is 0 Å². The maximum absolute atomic E-state index is 11.3. The number of nitrogens with one attached hydrogen (secondary N) is 2. The van der Waals surface area contributed by atoms with E-state index in [2.05, 4.69) is 20.6 Å². The van der Waals surface area contributed by atoms with Crippen LogP contribution in [-0.2, 0) is 9.59 Å². The Hall–Kier alpha value is -2.38. The first-order valence-electron chi connectivity index (χ1n) is 5.72. The summed E-state index contributed by atoms with van der Waals surface area (Å²) < 4.78 is 5.24. The summed E-state index contributed by atoms with van der Waals surface area (Å²) in [7, 11) is 0. The third-order valence-electron chi connectivity index (χ3n) is 1.97. The quantitative estimate of drug-likeness (QED) is 0.627. The lowest BCUT2D eigenvalue weighted by molar-refractivity contribution is -0.137. The van der Waals surface area contributed by atoms with Crippen LogP contribution in [0.2, 0.25) is 0 Å². The number of carbonyl (C=O) groups is 2. The molecule has 8 nitrogen and oxygen atoms in total. The van der Waals surface area contributed by atoms with Crippen LogP contribution in [0, 0.1) is 6.92 Å². The van der Waals surface area contributed by atoms with Crippen LogP contribution in [0.5, 0.6) is 5.88 Å². The summed E-state index contributed by atoms with van der Waals surface area (Å²) >= 11 is 0. The molecule has 0 radical (unpaired) electrons. The van der Waals surface area contributed by atoms with Crippen LogP contribution in [0.15, 0.2) is 6.07 Å². The van der Waals surface area contributed by atoms with Gasteiger partial charge in [0.15, 0.2) is 0 Å². The molecule has 104 valence electrons. The van der Waals surface area contributed by atoms with Crippen LogP contribution in [0.4, 0.5) is 5.95 Å². The zero-order valence-electron chi connectivity index (χ0n) is 10.8. The topological polar surface area (TPSA) is 113 Å². The second-order valence-corrected chi connectivity index (χ2v) is 3.63. The summed E-state index contributed by atoms with van der Waals surface area (Å²) in [6.45, 7) is 3.57. The van der Waals surface area contributed by atoms with Gasteiger partial charge in [0.05, 0.1) is 13.2 Å². The molecule has 0 fully saturated rings. The molecule has 19 heavy (non-hydrogen) atoms. The van der Waals surface area contributed by atoms with Crippen molar-refractivity contribution in [2.75, 3.05) is 25.0 Å². The molecule has 1 aromatic heterocycles. The molecule has 0 saturated carbocycles. The molecular formula is C11H16N4O4. The Labute approximate surface area is 110 Å². The van der Waals surface area contributed by atoms with Crippen molar-refractivity contribution in [3.05, 3.63) is 11.8 Å². The van der Waals surface area contributed by atoms with Gasteiger partial charge in [0, 0.05) is 11.8 Å². The fraction of sp³-hybridized carbons (Fsp3) is 0.455. The number of anilines is 1. The summed E-state index contributed by atoms with van der Waals surface area (Å²) in [5.74, 6) is -0.873. The van der Waals surface area contributed by atoms with E-state index >= 15 is 0 Å². The fourth-order valence-electron chi connectivity index (χ4n) is 1.24. The van der Waals surface area contributed by atoms with E-state index in [0.29, 0.717) is 18.2 Å². The number of ether oxygens (including phenoxy) is 1. The lowest BCUT2D eigenvalue weighted by Crippen LogP contribution is -2.34. The fourth-order valence-corrected chi connectivity index (χ4v) is 1.24. The van der Waals surface area contributed by atoms with Crippen LogP contribution in [0.25, 0.3) is 0 Å². The van der Waals surface area contributed by atoms with Crippen LogP contribution >= 0.6 is 0 Å². The van der Waals surface area contributed by atoms with Gasteiger partial charge in [-0.25, -0.2) is 4.98 Å². The maximum Gasteiger partial charge on any atom is 0.322 e.